The molecule has 1 heterocycles. The van der Waals surface area contributed by atoms with E-state index in [4.69, 9.17) is 0 Å². The van der Waals surface area contributed by atoms with Crippen molar-refractivity contribution >= 4 is 0 Å². The fourth-order valence-electron chi connectivity index (χ4n) is 3.04. The van der Waals surface area contributed by atoms with Crippen LogP contribution in [0, 0.1) is 11.2 Å². The van der Waals surface area contributed by atoms with Crippen molar-refractivity contribution in [2.24, 2.45) is 5.41 Å². The van der Waals surface area contributed by atoms with E-state index in [0.29, 0.717) is 12.1 Å². The number of halogens is 1. The van der Waals surface area contributed by atoms with Gasteiger partial charge in [0.2, 0.25) is 0 Å². The van der Waals surface area contributed by atoms with Crippen LogP contribution in [0.15, 0.2) is 24.3 Å². The second-order valence-electron chi connectivity index (χ2n) is 7.26. The highest BCUT2D eigenvalue weighted by atomic mass is 19.1. The lowest BCUT2D eigenvalue weighted by Crippen LogP contribution is -2.60. The molecule has 1 aromatic rings. The van der Waals surface area contributed by atoms with Crippen molar-refractivity contribution in [1.82, 2.24) is 10.2 Å². The van der Waals surface area contributed by atoms with Gasteiger partial charge in [0.1, 0.15) is 5.82 Å². The Balaban J connectivity index is 1.96. The van der Waals surface area contributed by atoms with Gasteiger partial charge >= 0.3 is 0 Å². The molecule has 1 aromatic carbocycles. The predicted molar refractivity (Wildman–Crippen MR) is 87.0 cm³/mol. The molecular formula is C18H29FN2. The number of piperazine rings is 1. The first-order valence-electron chi connectivity index (χ1n) is 8.12. The van der Waals surface area contributed by atoms with Crippen LogP contribution >= 0.6 is 0 Å². The van der Waals surface area contributed by atoms with Crippen molar-refractivity contribution in [2.45, 2.75) is 52.6 Å². The minimum Gasteiger partial charge on any atom is -0.311 e. The van der Waals surface area contributed by atoms with Crippen LogP contribution in [0.2, 0.25) is 0 Å². The lowest BCUT2D eigenvalue weighted by molar-refractivity contribution is 0.0846. The number of nitrogens with zero attached hydrogens (tertiary/aromatic N) is 1. The number of hydrogen-bond donors (Lipinski definition) is 1. The SMILES string of the molecule is CCC1CNC(C(C)(C)C)CN1CCc1ccc(F)cc1. The van der Waals surface area contributed by atoms with Crippen LogP contribution in [-0.4, -0.2) is 36.6 Å². The summed E-state index contributed by atoms with van der Waals surface area (Å²) in [5.41, 5.74) is 1.50. The largest absolute Gasteiger partial charge is 0.311 e. The van der Waals surface area contributed by atoms with Gasteiger partial charge in [-0.05, 0) is 36.0 Å². The molecule has 0 aromatic heterocycles. The minimum atomic E-state index is -0.153. The van der Waals surface area contributed by atoms with Crippen LogP contribution in [0.25, 0.3) is 0 Å². The van der Waals surface area contributed by atoms with Crippen molar-refractivity contribution < 1.29 is 4.39 Å². The quantitative estimate of drug-likeness (QED) is 0.914. The Morgan fingerprint density at radius 1 is 1.24 bits per heavy atom. The van der Waals surface area contributed by atoms with Crippen molar-refractivity contribution in [3.8, 4) is 0 Å². The van der Waals surface area contributed by atoms with E-state index >= 15 is 0 Å². The number of rotatable bonds is 4. The maximum Gasteiger partial charge on any atom is 0.123 e. The van der Waals surface area contributed by atoms with E-state index in [-0.39, 0.29) is 11.2 Å². The second kappa shape index (κ2) is 6.89. The third kappa shape index (κ3) is 4.52. The Kier molecular flexibility index (Phi) is 5.39. The van der Waals surface area contributed by atoms with E-state index in [1.165, 1.54) is 12.0 Å². The first-order valence-corrected chi connectivity index (χ1v) is 8.12. The Hall–Kier alpha value is -0.930. The summed E-state index contributed by atoms with van der Waals surface area (Å²) < 4.78 is 13.0. The van der Waals surface area contributed by atoms with Gasteiger partial charge in [-0.1, -0.05) is 39.8 Å². The van der Waals surface area contributed by atoms with Gasteiger partial charge in [0.25, 0.3) is 0 Å². The molecule has 3 heteroatoms. The molecule has 1 aliphatic heterocycles. The molecular weight excluding hydrogens is 263 g/mol. The molecule has 0 aliphatic carbocycles. The van der Waals surface area contributed by atoms with E-state index in [1.807, 2.05) is 12.1 Å². The summed E-state index contributed by atoms with van der Waals surface area (Å²) in [7, 11) is 0. The van der Waals surface area contributed by atoms with E-state index in [2.05, 4.69) is 37.9 Å². The maximum atomic E-state index is 13.0. The van der Waals surface area contributed by atoms with Gasteiger partial charge in [-0.25, -0.2) is 4.39 Å². The highest BCUT2D eigenvalue weighted by Crippen LogP contribution is 2.24. The van der Waals surface area contributed by atoms with Gasteiger partial charge in [0, 0.05) is 31.7 Å². The monoisotopic (exact) mass is 292 g/mol. The molecule has 2 rings (SSSR count). The van der Waals surface area contributed by atoms with Crippen LogP contribution in [-0.2, 0) is 6.42 Å². The normalized spacial score (nSPS) is 24.2. The van der Waals surface area contributed by atoms with Gasteiger partial charge in [0.15, 0.2) is 0 Å². The summed E-state index contributed by atoms with van der Waals surface area (Å²) in [6.45, 7) is 12.4. The van der Waals surface area contributed by atoms with Gasteiger partial charge in [-0.2, -0.15) is 0 Å². The summed E-state index contributed by atoms with van der Waals surface area (Å²) >= 11 is 0. The molecule has 0 radical (unpaired) electrons. The molecule has 1 saturated heterocycles. The molecule has 0 saturated carbocycles. The molecule has 0 bridgehead atoms. The van der Waals surface area contributed by atoms with Gasteiger partial charge in [-0.15, -0.1) is 0 Å². The average Bonchev–Trinajstić information content (AvgIpc) is 2.45. The first kappa shape index (κ1) is 16.4. The molecule has 1 aliphatic rings. The molecule has 2 nitrogen and oxygen atoms in total. The highest BCUT2D eigenvalue weighted by molar-refractivity contribution is 5.16. The molecule has 21 heavy (non-hydrogen) atoms. The minimum absolute atomic E-state index is 0.153. The number of nitrogens with one attached hydrogen (secondary N) is 1. The molecule has 118 valence electrons. The van der Waals surface area contributed by atoms with Gasteiger partial charge < -0.3 is 5.32 Å². The van der Waals surface area contributed by atoms with Crippen LogP contribution in [0.1, 0.15) is 39.7 Å². The van der Waals surface area contributed by atoms with Crippen LogP contribution in [0.4, 0.5) is 4.39 Å². The molecule has 0 spiro atoms. The van der Waals surface area contributed by atoms with Gasteiger partial charge in [0.05, 0.1) is 0 Å². The summed E-state index contributed by atoms with van der Waals surface area (Å²) in [6.07, 6.45) is 2.17. The molecule has 2 atom stereocenters. The Bertz CT molecular complexity index is 436. The van der Waals surface area contributed by atoms with Crippen molar-refractivity contribution in [1.29, 1.82) is 0 Å². The Morgan fingerprint density at radius 2 is 1.90 bits per heavy atom. The second-order valence-corrected chi connectivity index (χ2v) is 7.26. The molecule has 1 N–H and O–H groups in total. The zero-order valence-electron chi connectivity index (χ0n) is 13.8. The topological polar surface area (TPSA) is 15.3 Å². The van der Waals surface area contributed by atoms with E-state index in [1.54, 1.807) is 12.1 Å². The van der Waals surface area contributed by atoms with Crippen LogP contribution < -0.4 is 5.32 Å². The van der Waals surface area contributed by atoms with Gasteiger partial charge in [-0.3, -0.25) is 4.90 Å². The summed E-state index contributed by atoms with van der Waals surface area (Å²) in [5, 5.41) is 3.70. The zero-order chi connectivity index (χ0) is 15.5. The van der Waals surface area contributed by atoms with Crippen LogP contribution in [0.5, 0.6) is 0 Å². The smallest absolute Gasteiger partial charge is 0.123 e. The Morgan fingerprint density at radius 3 is 2.48 bits per heavy atom. The van der Waals surface area contributed by atoms with Crippen molar-refractivity contribution in [3.05, 3.63) is 35.6 Å². The molecule has 2 unspecified atom stereocenters. The molecule has 1 fully saturated rings. The van der Waals surface area contributed by atoms with Crippen molar-refractivity contribution in [3.63, 3.8) is 0 Å². The van der Waals surface area contributed by atoms with Crippen molar-refractivity contribution in [2.75, 3.05) is 19.6 Å². The maximum absolute atomic E-state index is 13.0. The fraction of sp³-hybridized carbons (Fsp3) is 0.667. The lowest BCUT2D eigenvalue weighted by atomic mass is 9.84. The third-order valence-electron chi connectivity index (χ3n) is 4.65. The average molecular weight is 292 g/mol. The molecule has 0 amide bonds. The highest BCUT2D eigenvalue weighted by Gasteiger charge is 2.32. The van der Waals surface area contributed by atoms with Crippen LogP contribution in [0.3, 0.4) is 0 Å². The standard InChI is InChI=1S/C18H29FN2/c1-5-16-12-20-17(18(2,3)4)13-21(16)11-10-14-6-8-15(19)9-7-14/h6-9,16-17,20H,5,10-13H2,1-4H3. The summed E-state index contributed by atoms with van der Waals surface area (Å²) in [6, 6.07) is 8.07. The third-order valence-corrected chi connectivity index (χ3v) is 4.65. The predicted octanol–water partition coefficient (Wildman–Crippen LogP) is 3.47. The van der Waals surface area contributed by atoms with E-state index in [0.717, 1.165) is 26.1 Å². The van der Waals surface area contributed by atoms with E-state index < -0.39 is 0 Å². The lowest BCUT2D eigenvalue weighted by Gasteiger charge is -2.45. The number of benzene rings is 1. The number of hydrogen-bond acceptors (Lipinski definition) is 2. The summed E-state index contributed by atoms with van der Waals surface area (Å²) in [4.78, 5) is 2.61. The zero-order valence-corrected chi connectivity index (χ0v) is 13.8. The first-order chi connectivity index (χ1) is 9.90. The Labute approximate surface area is 128 Å². The fourth-order valence-corrected chi connectivity index (χ4v) is 3.04. The summed E-state index contributed by atoms with van der Waals surface area (Å²) in [5.74, 6) is -0.153. The van der Waals surface area contributed by atoms with E-state index in [9.17, 15) is 4.39 Å².